The normalized spacial score (nSPS) is 16.1. The van der Waals surface area contributed by atoms with Gasteiger partial charge in [-0.3, -0.25) is 10.2 Å². The van der Waals surface area contributed by atoms with E-state index in [1.54, 1.807) is 18.2 Å². The van der Waals surface area contributed by atoms with Crippen molar-refractivity contribution in [1.82, 2.24) is 10.4 Å². The third-order valence-electron chi connectivity index (χ3n) is 2.85. The minimum atomic E-state index is -0.211. The van der Waals surface area contributed by atoms with Crippen LogP contribution in [0.1, 0.15) is 17.3 Å². The largest absolute Gasteiger partial charge is 0.491 e. The fourth-order valence-corrected chi connectivity index (χ4v) is 1.92. The molecular weight excluding hydrogens is 246 g/mol. The highest BCUT2D eigenvalue weighted by Crippen LogP contribution is 2.26. The number of nitrogen functional groups attached to an aromatic ring is 1. The van der Waals surface area contributed by atoms with Gasteiger partial charge in [-0.25, -0.2) is 5.01 Å². The number of anilines is 1. The summed E-state index contributed by atoms with van der Waals surface area (Å²) in [6.45, 7) is 4.92. The summed E-state index contributed by atoms with van der Waals surface area (Å²) in [7, 11) is 0. The second kappa shape index (κ2) is 6.40. The first kappa shape index (κ1) is 13.6. The molecule has 6 heteroatoms. The highest BCUT2D eigenvalue weighted by molar-refractivity contribution is 5.98. The Morgan fingerprint density at radius 1 is 1.47 bits per heavy atom. The quantitative estimate of drug-likeness (QED) is 0.781. The van der Waals surface area contributed by atoms with Crippen LogP contribution < -0.4 is 15.9 Å². The number of hydrogen-bond donors (Lipinski definition) is 2. The number of nitrogens with two attached hydrogens (primary N) is 1. The van der Waals surface area contributed by atoms with E-state index in [0.717, 1.165) is 0 Å². The highest BCUT2D eigenvalue weighted by Gasteiger charge is 2.18. The van der Waals surface area contributed by atoms with E-state index in [1.807, 2.05) is 11.9 Å². The number of hydrogen-bond acceptors (Lipinski definition) is 5. The summed E-state index contributed by atoms with van der Waals surface area (Å²) >= 11 is 0. The standard InChI is InChI=1S/C13H19N3O3/c1-2-19-12-10(4-3-5-11(12)14)13(17)15-16-6-8-18-9-7-16/h3-5H,2,6-9,14H2,1H3,(H,15,17). The number of nitrogens with one attached hydrogen (secondary N) is 1. The number of ether oxygens (including phenoxy) is 2. The van der Waals surface area contributed by atoms with Gasteiger partial charge in [0.25, 0.3) is 5.91 Å². The zero-order valence-corrected chi connectivity index (χ0v) is 11.0. The van der Waals surface area contributed by atoms with Crippen molar-refractivity contribution in [3.63, 3.8) is 0 Å². The van der Waals surface area contributed by atoms with Crippen molar-refractivity contribution in [2.75, 3.05) is 38.6 Å². The lowest BCUT2D eigenvalue weighted by atomic mass is 10.1. The van der Waals surface area contributed by atoms with Crippen LogP contribution >= 0.6 is 0 Å². The first-order valence-electron chi connectivity index (χ1n) is 6.37. The first-order valence-corrected chi connectivity index (χ1v) is 6.37. The molecule has 1 heterocycles. The van der Waals surface area contributed by atoms with Crippen LogP contribution in [0.15, 0.2) is 18.2 Å². The lowest BCUT2D eigenvalue weighted by molar-refractivity contribution is 0.0125. The number of carbonyl (C=O) groups is 1. The molecule has 0 unspecified atom stereocenters. The van der Waals surface area contributed by atoms with Crippen molar-refractivity contribution in [3.05, 3.63) is 23.8 Å². The molecule has 0 saturated carbocycles. The van der Waals surface area contributed by atoms with Gasteiger partial charge in [0.15, 0.2) is 5.75 Å². The van der Waals surface area contributed by atoms with Gasteiger partial charge in [0.2, 0.25) is 0 Å². The molecule has 0 aromatic heterocycles. The summed E-state index contributed by atoms with van der Waals surface area (Å²) in [4.78, 5) is 12.2. The smallest absolute Gasteiger partial charge is 0.269 e. The molecule has 0 radical (unpaired) electrons. The molecular formula is C13H19N3O3. The number of rotatable bonds is 4. The summed E-state index contributed by atoms with van der Waals surface area (Å²) in [5.74, 6) is 0.230. The molecule has 0 aliphatic carbocycles. The van der Waals surface area contributed by atoms with Crippen molar-refractivity contribution in [1.29, 1.82) is 0 Å². The Labute approximate surface area is 112 Å². The third kappa shape index (κ3) is 3.36. The summed E-state index contributed by atoms with van der Waals surface area (Å²) in [6, 6.07) is 5.17. The van der Waals surface area contributed by atoms with E-state index in [2.05, 4.69) is 5.43 Å². The molecule has 1 saturated heterocycles. The maximum atomic E-state index is 12.2. The average Bonchev–Trinajstić information content (AvgIpc) is 2.42. The van der Waals surface area contributed by atoms with Gasteiger partial charge in [0, 0.05) is 13.1 Å². The van der Waals surface area contributed by atoms with E-state index >= 15 is 0 Å². The molecule has 0 atom stereocenters. The zero-order valence-electron chi connectivity index (χ0n) is 11.0. The van der Waals surface area contributed by atoms with Crippen molar-refractivity contribution in [2.24, 2.45) is 0 Å². The lowest BCUT2D eigenvalue weighted by Crippen LogP contribution is -2.48. The van der Waals surface area contributed by atoms with Gasteiger partial charge in [-0.15, -0.1) is 0 Å². The summed E-state index contributed by atoms with van der Waals surface area (Å²) in [5, 5.41) is 1.84. The lowest BCUT2D eigenvalue weighted by Gasteiger charge is -2.27. The molecule has 0 bridgehead atoms. The second-order valence-corrected chi connectivity index (χ2v) is 4.20. The number of carbonyl (C=O) groups excluding carboxylic acids is 1. The fourth-order valence-electron chi connectivity index (χ4n) is 1.92. The predicted molar refractivity (Wildman–Crippen MR) is 71.9 cm³/mol. The highest BCUT2D eigenvalue weighted by atomic mass is 16.5. The van der Waals surface area contributed by atoms with Crippen molar-refractivity contribution in [3.8, 4) is 5.75 Å². The van der Waals surface area contributed by atoms with E-state index in [-0.39, 0.29) is 5.91 Å². The number of nitrogens with zero attached hydrogens (tertiary/aromatic N) is 1. The van der Waals surface area contributed by atoms with E-state index in [0.29, 0.717) is 49.9 Å². The Morgan fingerprint density at radius 3 is 2.89 bits per heavy atom. The first-order chi connectivity index (χ1) is 9.22. The Hall–Kier alpha value is -1.79. The van der Waals surface area contributed by atoms with Crippen LogP contribution in [0.4, 0.5) is 5.69 Å². The molecule has 6 nitrogen and oxygen atoms in total. The minimum absolute atomic E-state index is 0.211. The van der Waals surface area contributed by atoms with Crippen molar-refractivity contribution >= 4 is 11.6 Å². The topological polar surface area (TPSA) is 76.8 Å². The third-order valence-corrected chi connectivity index (χ3v) is 2.85. The molecule has 1 aromatic carbocycles. The number of morpholine rings is 1. The van der Waals surface area contributed by atoms with E-state index < -0.39 is 0 Å². The molecule has 1 fully saturated rings. The number of benzene rings is 1. The molecule has 1 aliphatic rings. The molecule has 104 valence electrons. The van der Waals surface area contributed by atoms with Gasteiger partial charge < -0.3 is 15.2 Å². The maximum absolute atomic E-state index is 12.2. The summed E-state index contributed by atoms with van der Waals surface area (Å²) in [6.07, 6.45) is 0. The maximum Gasteiger partial charge on any atom is 0.269 e. The molecule has 3 N–H and O–H groups in total. The number of para-hydroxylation sites is 1. The fraction of sp³-hybridized carbons (Fsp3) is 0.462. The Bertz CT molecular complexity index is 445. The van der Waals surface area contributed by atoms with Crippen LogP contribution in [0.3, 0.4) is 0 Å². The van der Waals surface area contributed by atoms with Gasteiger partial charge in [-0.1, -0.05) is 6.07 Å². The Morgan fingerprint density at radius 2 is 2.21 bits per heavy atom. The van der Waals surface area contributed by atoms with Gasteiger partial charge >= 0.3 is 0 Å². The SMILES string of the molecule is CCOc1c(N)cccc1C(=O)NN1CCOCC1. The van der Waals surface area contributed by atoms with Crippen LogP contribution in [-0.2, 0) is 4.74 Å². The van der Waals surface area contributed by atoms with Crippen LogP contribution in [-0.4, -0.2) is 43.8 Å². The van der Waals surface area contributed by atoms with Gasteiger partial charge in [0.1, 0.15) is 0 Å². The number of amides is 1. The average molecular weight is 265 g/mol. The van der Waals surface area contributed by atoms with Crippen LogP contribution in [0.5, 0.6) is 5.75 Å². The molecule has 0 spiro atoms. The molecule has 1 aliphatic heterocycles. The van der Waals surface area contributed by atoms with Gasteiger partial charge in [-0.2, -0.15) is 0 Å². The monoisotopic (exact) mass is 265 g/mol. The van der Waals surface area contributed by atoms with Gasteiger partial charge in [-0.05, 0) is 19.1 Å². The zero-order chi connectivity index (χ0) is 13.7. The van der Waals surface area contributed by atoms with Gasteiger partial charge in [0.05, 0.1) is 31.1 Å². The molecule has 1 aromatic rings. The molecule has 2 rings (SSSR count). The van der Waals surface area contributed by atoms with Crippen molar-refractivity contribution in [2.45, 2.75) is 6.92 Å². The predicted octanol–water partition coefficient (Wildman–Crippen LogP) is 0.644. The summed E-state index contributed by atoms with van der Waals surface area (Å²) in [5.41, 5.74) is 9.60. The number of hydrazine groups is 1. The van der Waals surface area contributed by atoms with Crippen molar-refractivity contribution < 1.29 is 14.3 Å². The van der Waals surface area contributed by atoms with Crippen LogP contribution in [0.2, 0.25) is 0 Å². The van der Waals surface area contributed by atoms with E-state index in [1.165, 1.54) is 0 Å². The Balaban J connectivity index is 2.11. The van der Waals surface area contributed by atoms with Crippen LogP contribution in [0, 0.1) is 0 Å². The second-order valence-electron chi connectivity index (χ2n) is 4.20. The van der Waals surface area contributed by atoms with E-state index in [9.17, 15) is 4.79 Å². The molecule has 1 amide bonds. The van der Waals surface area contributed by atoms with E-state index in [4.69, 9.17) is 15.2 Å². The van der Waals surface area contributed by atoms with Crippen LogP contribution in [0.25, 0.3) is 0 Å². The Kier molecular flexibility index (Phi) is 4.59. The summed E-state index contributed by atoms with van der Waals surface area (Å²) < 4.78 is 10.7. The molecule has 19 heavy (non-hydrogen) atoms. The minimum Gasteiger partial charge on any atom is -0.491 e.